The molecule has 2 fully saturated rings. The van der Waals surface area contributed by atoms with E-state index in [1.54, 1.807) is 7.05 Å². The largest absolute Gasteiger partial charge is 0.469 e. The molecule has 0 spiro atoms. The monoisotopic (exact) mass is 424 g/mol. The summed E-state index contributed by atoms with van der Waals surface area (Å²) < 4.78 is 4.89. The summed E-state index contributed by atoms with van der Waals surface area (Å²) in [6.07, 6.45) is 1.24. The van der Waals surface area contributed by atoms with Gasteiger partial charge in [-0.15, -0.1) is 24.0 Å². The van der Waals surface area contributed by atoms with E-state index in [0.717, 1.165) is 25.6 Å². The maximum absolute atomic E-state index is 11.8. The molecule has 0 aromatic carbocycles. The molecule has 2 aliphatic heterocycles. The van der Waals surface area contributed by atoms with E-state index in [4.69, 9.17) is 4.74 Å². The minimum absolute atomic E-state index is 0. The molecule has 0 aromatic heterocycles. The predicted molar refractivity (Wildman–Crippen MR) is 98.6 cm³/mol. The fraction of sp³-hybridized carbons (Fsp3) is 0.867. The van der Waals surface area contributed by atoms with E-state index >= 15 is 0 Å². The van der Waals surface area contributed by atoms with Crippen LogP contribution in [0.15, 0.2) is 4.99 Å². The van der Waals surface area contributed by atoms with Crippen LogP contribution in [-0.2, 0) is 9.53 Å². The Morgan fingerprint density at radius 2 is 2.09 bits per heavy atom. The molecule has 0 aliphatic carbocycles. The number of esters is 1. The number of guanidine groups is 1. The van der Waals surface area contributed by atoms with Gasteiger partial charge in [-0.05, 0) is 31.8 Å². The van der Waals surface area contributed by atoms with Crippen LogP contribution in [0.5, 0.6) is 0 Å². The third-order valence-electron chi connectivity index (χ3n) is 4.67. The second kappa shape index (κ2) is 8.90. The average Bonchev–Trinajstić information content (AvgIpc) is 3.05. The second-order valence-corrected chi connectivity index (χ2v) is 6.36. The van der Waals surface area contributed by atoms with Gasteiger partial charge in [0.05, 0.1) is 13.0 Å². The number of ether oxygens (including phenoxy) is 1. The lowest BCUT2D eigenvalue weighted by Gasteiger charge is -2.23. The Balaban J connectivity index is 0.00000242. The third-order valence-corrected chi connectivity index (χ3v) is 4.67. The van der Waals surface area contributed by atoms with Gasteiger partial charge >= 0.3 is 5.97 Å². The first kappa shape index (κ1) is 19.5. The van der Waals surface area contributed by atoms with Crippen LogP contribution in [0, 0.1) is 17.8 Å². The Morgan fingerprint density at radius 3 is 2.64 bits per heavy atom. The first-order valence-corrected chi connectivity index (χ1v) is 7.77. The molecule has 2 saturated heterocycles. The summed E-state index contributed by atoms with van der Waals surface area (Å²) in [4.78, 5) is 20.7. The number of nitrogens with zero attached hydrogens (tertiary/aromatic N) is 3. The van der Waals surface area contributed by atoms with E-state index in [2.05, 4.69) is 34.1 Å². The molecule has 1 N–H and O–H groups in total. The number of rotatable bonds is 3. The van der Waals surface area contributed by atoms with Crippen LogP contribution >= 0.6 is 24.0 Å². The van der Waals surface area contributed by atoms with Gasteiger partial charge in [0.2, 0.25) is 0 Å². The van der Waals surface area contributed by atoms with Crippen LogP contribution in [0.4, 0.5) is 0 Å². The number of halogens is 1. The Kier molecular flexibility index (Phi) is 7.88. The van der Waals surface area contributed by atoms with E-state index in [1.807, 2.05) is 0 Å². The van der Waals surface area contributed by atoms with Crippen LogP contribution in [0.3, 0.4) is 0 Å². The molecule has 7 heteroatoms. The molecule has 0 bridgehead atoms. The zero-order valence-corrected chi connectivity index (χ0v) is 16.4. The van der Waals surface area contributed by atoms with Crippen molar-refractivity contribution in [2.75, 3.05) is 53.9 Å². The molecule has 0 saturated carbocycles. The van der Waals surface area contributed by atoms with Gasteiger partial charge in [0.1, 0.15) is 0 Å². The molecule has 3 unspecified atom stereocenters. The van der Waals surface area contributed by atoms with E-state index < -0.39 is 0 Å². The van der Waals surface area contributed by atoms with Crippen molar-refractivity contribution in [1.82, 2.24) is 15.1 Å². The van der Waals surface area contributed by atoms with E-state index in [9.17, 15) is 4.79 Å². The number of carbonyl (C=O) groups excluding carboxylic acids is 1. The highest BCUT2D eigenvalue weighted by Gasteiger charge is 2.37. The van der Waals surface area contributed by atoms with Crippen LogP contribution in [0.2, 0.25) is 0 Å². The van der Waals surface area contributed by atoms with Gasteiger partial charge in [0, 0.05) is 33.2 Å². The van der Waals surface area contributed by atoms with E-state index in [-0.39, 0.29) is 35.9 Å². The van der Waals surface area contributed by atoms with Crippen molar-refractivity contribution >= 4 is 35.9 Å². The molecule has 0 radical (unpaired) electrons. The molecular weight excluding hydrogens is 395 g/mol. The fourth-order valence-electron chi connectivity index (χ4n) is 3.36. The molecule has 3 atom stereocenters. The molecule has 2 heterocycles. The second-order valence-electron chi connectivity index (χ2n) is 6.36. The predicted octanol–water partition coefficient (Wildman–Crippen LogP) is 0.872. The van der Waals surface area contributed by atoms with Gasteiger partial charge in [0.25, 0.3) is 0 Å². The number of nitrogens with one attached hydrogen (secondary N) is 1. The summed E-state index contributed by atoms with van der Waals surface area (Å²) in [5.74, 6) is 1.73. The van der Waals surface area contributed by atoms with Gasteiger partial charge in [-0.2, -0.15) is 0 Å². The number of methoxy groups -OCH3 is 1. The van der Waals surface area contributed by atoms with E-state index in [1.165, 1.54) is 20.1 Å². The summed E-state index contributed by atoms with van der Waals surface area (Å²) in [7, 11) is 5.43. The first-order valence-electron chi connectivity index (χ1n) is 7.77. The molecule has 0 aromatic rings. The maximum atomic E-state index is 11.8. The number of hydrogen-bond acceptors (Lipinski definition) is 4. The van der Waals surface area contributed by atoms with Gasteiger partial charge in [-0.25, -0.2) is 0 Å². The Hall–Kier alpha value is -0.570. The normalized spacial score (nSPS) is 29.4. The van der Waals surface area contributed by atoms with Crippen molar-refractivity contribution in [3.63, 3.8) is 0 Å². The van der Waals surface area contributed by atoms with Crippen molar-refractivity contribution in [2.45, 2.75) is 13.3 Å². The van der Waals surface area contributed by atoms with Crippen LogP contribution in [0.25, 0.3) is 0 Å². The van der Waals surface area contributed by atoms with Crippen molar-refractivity contribution in [1.29, 1.82) is 0 Å². The molecule has 22 heavy (non-hydrogen) atoms. The van der Waals surface area contributed by atoms with Crippen molar-refractivity contribution in [3.05, 3.63) is 0 Å². The minimum Gasteiger partial charge on any atom is -0.469 e. The lowest BCUT2D eigenvalue weighted by molar-refractivity contribution is -0.145. The van der Waals surface area contributed by atoms with Crippen LogP contribution in [0.1, 0.15) is 13.3 Å². The number of aliphatic imine (C=N–C) groups is 1. The van der Waals surface area contributed by atoms with Crippen LogP contribution < -0.4 is 5.32 Å². The molecule has 0 amide bonds. The standard InChI is InChI=1S/C15H28N4O2.HI/c1-11-8-19(10-13(11)14(20)21-4)15(16-2)17-7-12-5-6-18(3)9-12;/h11-13H,5-10H2,1-4H3,(H,16,17);1H. The highest BCUT2D eigenvalue weighted by molar-refractivity contribution is 14.0. The van der Waals surface area contributed by atoms with Crippen LogP contribution in [-0.4, -0.2) is 75.7 Å². The summed E-state index contributed by atoms with van der Waals surface area (Å²) in [5.41, 5.74) is 0. The molecule has 2 rings (SSSR count). The van der Waals surface area contributed by atoms with Crippen molar-refractivity contribution < 1.29 is 9.53 Å². The summed E-state index contributed by atoms with van der Waals surface area (Å²) in [6.45, 7) is 6.91. The number of hydrogen-bond donors (Lipinski definition) is 1. The van der Waals surface area contributed by atoms with Gasteiger partial charge in [0.15, 0.2) is 5.96 Å². The number of likely N-dealkylation sites (tertiary alicyclic amines) is 2. The molecule has 6 nitrogen and oxygen atoms in total. The SMILES string of the molecule is CN=C(NCC1CCN(C)C1)N1CC(C)C(C(=O)OC)C1.I. The lowest BCUT2D eigenvalue weighted by Crippen LogP contribution is -2.42. The fourth-order valence-corrected chi connectivity index (χ4v) is 3.36. The lowest BCUT2D eigenvalue weighted by atomic mass is 9.99. The maximum Gasteiger partial charge on any atom is 0.310 e. The van der Waals surface area contributed by atoms with Crippen molar-refractivity contribution in [2.24, 2.45) is 22.7 Å². The summed E-state index contributed by atoms with van der Waals surface area (Å²) in [6, 6.07) is 0. The molecule has 2 aliphatic rings. The highest BCUT2D eigenvalue weighted by atomic mass is 127. The Morgan fingerprint density at radius 1 is 1.36 bits per heavy atom. The minimum atomic E-state index is -0.113. The smallest absolute Gasteiger partial charge is 0.310 e. The van der Waals surface area contributed by atoms with E-state index in [0.29, 0.717) is 18.4 Å². The first-order chi connectivity index (χ1) is 10.0. The topological polar surface area (TPSA) is 57.2 Å². The molecular formula is C15H29IN4O2. The van der Waals surface area contributed by atoms with Gasteiger partial charge in [-0.3, -0.25) is 9.79 Å². The summed E-state index contributed by atoms with van der Waals surface area (Å²) >= 11 is 0. The quantitative estimate of drug-likeness (QED) is 0.316. The average molecular weight is 424 g/mol. The Labute approximate surface area is 150 Å². The highest BCUT2D eigenvalue weighted by Crippen LogP contribution is 2.24. The Bertz CT molecular complexity index is 405. The summed E-state index contributed by atoms with van der Waals surface area (Å²) in [5, 5.41) is 3.47. The number of carbonyl (C=O) groups is 1. The van der Waals surface area contributed by atoms with Gasteiger partial charge in [-0.1, -0.05) is 6.92 Å². The zero-order chi connectivity index (χ0) is 15.4. The third kappa shape index (κ3) is 4.71. The zero-order valence-electron chi connectivity index (χ0n) is 14.0. The van der Waals surface area contributed by atoms with Crippen molar-refractivity contribution in [3.8, 4) is 0 Å². The molecule has 128 valence electrons. The van der Waals surface area contributed by atoms with Gasteiger partial charge < -0.3 is 19.9 Å².